The number of hydrogen-bond donors (Lipinski definition) is 3. The van der Waals surface area contributed by atoms with Gasteiger partial charge in [-0.25, -0.2) is 17.9 Å². The average molecular weight is 328 g/mol. The van der Waals surface area contributed by atoms with Crippen molar-refractivity contribution in [3.8, 4) is 0 Å². The molecule has 1 aliphatic carbocycles. The zero-order valence-corrected chi connectivity index (χ0v) is 13.1. The number of rotatable bonds is 9. The standard InChI is InChI=1S/C14H20N2O5S/c1-21-8-2-7-15-22(19,20)11-5-6-13(16-10-3-4-10)12(9-11)14(17)18/h5-6,9-10,15-16H,2-4,7-8H2,1H3,(H,17,18). The van der Waals surface area contributed by atoms with Crippen molar-refractivity contribution in [1.29, 1.82) is 0 Å². The summed E-state index contributed by atoms with van der Waals surface area (Å²) < 4.78 is 31.6. The minimum Gasteiger partial charge on any atom is -0.478 e. The molecule has 1 aromatic rings. The van der Waals surface area contributed by atoms with Crippen LogP contribution in [0.4, 0.5) is 5.69 Å². The highest BCUT2D eigenvalue weighted by molar-refractivity contribution is 7.89. The van der Waals surface area contributed by atoms with Gasteiger partial charge in [0.2, 0.25) is 10.0 Å². The molecule has 0 heterocycles. The Morgan fingerprint density at radius 2 is 2.14 bits per heavy atom. The van der Waals surface area contributed by atoms with Crippen LogP contribution in [0.2, 0.25) is 0 Å². The maximum absolute atomic E-state index is 12.2. The molecule has 122 valence electrons. The van der Waals surface area contributed by atoms with Gasteiger partial charge in [0.05, 0.1) is 10.5 Å². The molecule has 1 fully saturated rings. The van der Waals surface area contributed by atoms with Gasteiger partial charge in [-0.1, -0.05) is 0 Å². The van der Waals surface area contributed by atoms with Gasteiger partial charge < -0.3 is 15.2 Å². The van der Waals surface area contributed by atoms with Crippen molar-refractivity contribution in [2.45, 2.75) is 30.2 Å². The number of carbonyl (C=O) groups is 1. The largest absolute Gasteiger partial charge is 0.478 e. The first kappa shape index (κ1) is 16.7. The van der Waals surface area contributed by atoms with E-state index in [1.807, 2.05) is 0 Å². The highest BCUT2D eigenvalue weighted by atomic mass is 32.2. The van der Waals surface area contributed by atoms with Gasteiger partial charge in [-0.15, -0.1) is 0 Å². The van der Waals surface area contributed by atoms with Gasteiger partial charge in [0.1, 0.15) is 0 Å². The fourth-order valence-electron chi connectivity index (χ4n) is 1.95. The van der Waals surface area contributed by atoms with Crippen molar-refractivity contribution in [2.24, 2.45) is 0 Å². The molecular weight excluding hydrogens is 308 g/mol. The first-order chi connectivity index (χ1) is 10.4. The smallest absolute Gasteiger partial charge is 0.337 e. The van der Waals surface area contributed by atoms with E-state index in [1.54, 1.807) is 7.11 Å². The van der Waals surface area contributed by atoms with Crippen LogP contribution in [-0.4, -0.2) is 45.8 Å². The molecule has 0 atom stereocenters. The summed E-state index contributed by atoms with van der Waals surface area (Å²) in [6, 6.07) is 4.39. The van der Waals surface area contributed by atoms with Crippen LogP contribution in [-0.2, 0) is 14.8 Å². The number of anilines is 1. The van der Waals surface area contributed by atoms with E-state index in [9.17, 15) is 18.3 Å². The molecule has 22 heavy (non-hydrogen) atoms. The molecule has 0 saturated heterocycles. The minimum atomic E-state index is -3.72. The summed E-state index contributed by atoms with van der Waals surface area (Å²) in [5.74, 6) is -1.15. The minimum absolute atomic E-state index is 0.0355. The van der Waals surface area contributed by atoms with E-state index in [0.29, 0.717) is 18.7 Å². The molecule has 0 radical (unpaired) electrons. The summed E-state index contributed by atoms with van der Waals surface area (Å²) >= 11 is 0. The molecule has 0 aromatic heterocycles. The van der Waals surface area contributed by atoms with Crippen LogP contribution in [0.25, 0.3) is 0 Å². The number of sulfonamides is 1. The highest BCUT2D eigenvalue weighted by Gasteiger charge is 2.24. The lowest BCUT2D eigenvalue weighted by molar-refractivity contribution is 0.0697. The predicted octanol–water partition coefficient (Wildman–Crippen LogP) is 1.27. The van der Waals surface area contributed by atoms with Gasteiger partial charge >= 0.3 is 5.97 Å². The molecule has 0 aliphatic heterocycles. The Bertz CT molecular complexity index is 641. The second-order valence-corrected chi connectivity index (χ2v) is 6.94. The number of hydrogen-bond acceptors (Lipinski definition) is 5. The molecule has 0 unspecified atom stereocenters. The molecule has 0 bridgehead atoms. The summed E-state index contributed by atoms with van der Waals surface area (Å²) in [6.45, 7) is 0.688. The monoisotopic (exact) mass is 328 g/mol. The number of benzene rings is 1. The summed E-state index contributed by atoms with van der Waals surface area (Å²) in [5, 5.41) is 12.4. The molecule has 0 spiro atoms. The lowest BCUT2D eigenvalue weighted by atomic mass is 10.2. The summed E-state index contributed by atoms with van der Waals surface area (Å²) in [4.78, 5) is 11.3. The fraction of sp³-hybridized carbons (Fsp3) is 0.500. The summed E-state index contributed by atoms with van der Waals surface area (Å²) in [5.41, 5.74) is 0.417. The third-order valence-electron chi connectivity index (χ3n) is 3.29. The molecule has 2 rings (SSSR count). The second kappa shape index (κ2) is 7.08. The number of nitrogens with one attached hydrogen (secondary N) is 2. The molecule has 1 aromatic carbocycles. The van der Waals surface area contributed by atoms with E-state index in [2.05, 4.69) is 10.0 Å². The van der Waals surface area contributed by atoms with E-state index in [0.717, 1.165) is 12.8 Å². The Labute approximate surface area is 129 Å². The lowest BCUT2D eigenvalue weighted by Gasteiger charge is -2.11. The van der Waals surface area contributed by atoms with Gasteiger partial charge in [-0.2, -0.15) is 0 Å². The van der Waals surface area contributed by atoms with E-state index < -0.39 is 16.0 Å². The molecule has 3 N–H and O–H groups in total. The van der Waals surface area contributed by atoms with Gasteiger partial charge in [0.15, 0.2) is 0 Å². The average Bonchev–Trinajstić information content (AvgIpc) is 3.27. The fourth-order valence-corrected chi connectivity index (χ4v) is 3.05. The topological polar surface area (TPSA) is 105 Å². The normalized spacial score (nSPS) is 14.8. The second-order valence-electron chi connectivity index (χ2n) is 5.18. The van der Waals surface area contributed by atoms with Crippen molar-refractivity contribution in [1.82, 2.24) is 4.72 Å². The molecule has 0 amide bonds. The van der Waals surface area contributed by atoms with E-state index >= 15 is 0 Å². The van der Waals surface area contributed by atoms with Gasteiger partial charge in [0.25, 0.3) is 0 Å². The molecular formula is C14H20N2O5S. The molecule has 1 aliphatic rings. The number of carboxylic acids is 1. The maximum atomic E-state index is 12.2. The zero-order chi connectivity index (χ0) is 16.2. The third kappa shape index (κ3) is 4.43. The Balaban J connectivity index is 2.16. The molecule has 1 saturated carbocycles. The maximum Gasteiger partial charge on any atom is 0.337 e. The van der Waals surface area contributed by atoms with Crippen LogP contribution < -0.4 is 10.0 Å². The Hall–Kier alpha value is -1.64. The quantitative estimate of drug-likeness (QED) is 0.590. The van der Waals surface area contributed by atoms with E-state index in [4.69, 9.17) is 4.74 Å². The highest BCUT2D eigenvalue weighted by Crippen LogP contribution is 2.28. The number of carboxylic acid groups (broad SMARTS) is 1. The zero-order valence-electron chi connectivity index (χ0n) is 12.3. The van der Waals surface area contributed by atoms with E-state index in [-0.39, 0.29) is 23.0 Å². The lowest BCUT2D eigenvalue weighted by Crippen LogP contribution is -2.26. The van der Waals surface area contributed by atoms with Gasteiger partial charge in [-0.3, -0.25) is 0 Å². The van der Waals surface area contributed by atoms with Crippen LogP contribution in [0.5, 0.6) is 0 Å². The van der Waals surface area contributed by atoms with Crippen LogP contribution >= 0.6 is 0 Å². The summed E-state index contributed by atoms with van der Waals surface area (Å²) in [6.07, 6.45) is 2.54. The van der Waals surface area contributed by atoms with Crippen molar-refractivity contribution >= 4 is 21.7 Å². The van der Waals surface area contributed by atoms with Crippen molar-refractivity contribution in [3.05, 3.63) is 23.8 Å². The SMILES string of the molecule is COCCCNS(=O)(=O)c1ccc(NC2CC2)c(C(=O)O)c1. The number of aromatic carboxylic acids is 1. The van der Waals surface area contributed by atoms with Crippen molar-refractivity contribution in [3.63, 3.8) is 0 Å². The number of methoxy groups -OCH3 is 1. The molecule has 7 nitrogen and oxygen atoms in total. The first-order valence-corrected chi connectivity index (χ1v) is 8.55. The van der Waals surface area contributed by atoms with Gasteiger partial charge in [-0.05, 0) is 37.5 Å². The number of ether oxygens (including phenoxy) is 1. The Morgan fingerprint density at radius 1 is 1.41 bits per heavy atom. The predicted molar refractivity (Wildman–Crippen MR) is 81.7 cm³/mol. The Morgan fingerprint density at radius 3 is 2.73 bits per heavy atom. The van der Waals surface area contributed by atoms with Gasteiger partial charge in [0, 0.05) is 32.0 Å². The van der Waals surface area contributed by atoms with Crippen LogP contribution in [0.3, 0.4) is 0 Å². The first-order valence-electron chi connectivity index (χ1n) is 7.06. The molecule has 8 heteroatoms. The van der Waals surface area contributed by atoms with Crippen LogP contribution in [0.15, 0.2) is 23.1 Å². The summed E-state index contributed by atoms with van der Waals surface area (Å²) in [7, 11) is -2.18. The van der Waals surface area contributed by atoms with Crippen molar-refractivity contribution < 1.29 is 23.1 Å². The van der Waals surface area contributed by atoms with Crippen LogP contribution in [0, 0.1) is 0 Å². The van der Waals surface area contributed by atoms with E-state index in [1.165, 1.54) is 18.2 Å². The Kier molecular flexibility index (Phi) is 5.38. The van der Waals surface area contributed by atoms with Crippen molar-refractivity contribution in [2.75, 3.05) is 25.6 Å². The van der Waals surface area contributed by atoms with Crippen LogP contribution in [0.1, 0.15) is 29.6 Å². The third-order valence-corrected chi connectivity index (χ3v) is 4.74.